The first-order valence-corrected chi connectivity index (χ1v) is 7.88. The first-order chi connectivity index (χ1) is 9.41. The molecule has 1 aliphatic rings. The Hall–Kier alpha value is -0.300. The number of hydrazine groups is 1. The van der Waals surface area contributed by atoms with Gasteiger partial charge in [-0.05, 0) is 37.3 Å². The number of thiophene rings is 1. The summed E-state index contributed by atoms with van der Waals surface area (Å²) in [6, 6.07) is 3.25. The smallest absolute Gasteiger partial charge is 0.271 e. The van der Waals surface area contributed by atoms with E-state index >= 15 is 0 Å². The molecule has 2 rings (SSSR count). The Labute approximate surface area is 125 Å². The molecule has 114 valence electrons. The van der Waals surface area contributed by atoms with E-state index in [1.807, 2.05) is 6.07 Å². The van der Waals surface area contributed by atoms with Crippen molar-refractivity contribution < 1.29 is 13.2 Å². The molecule has 3 atom stereocenters. The van der Waals surface area contributed by atoms with Crippen LogP contribution in [0.2, 0.25) is 4.34 Å². The van der Waals surface area contributed by atoms with Gasteiger partial charge in [0.25, 0.3) is 0 Å². The summed E-state index contributed by atoms with van der Waals surface area (Å²) in [6.45, 7) is 0. The molecule has 3 N–H and O–H groups in total. The van der Waals surface area contributed by atoms with Crippen LogP contribution in [-0.4, -0.2) is 12.2 Å². The molecule has 1 fully saturated rings. The van der Waals surface area contributed by atoms with E-state index in [9.17, 15) is 13.2 Å². The van der Waals surface area contributed by atoms with Crippen LogP contribution in [0.1, 0.15) is 30.6 Å². The molecule has 1 aliphatic carbocycles. The second kappa shape index (κ2) is 6.64. The molecule has 0 saturated heterocycles. The van der Waals surface area contributed by atoms with Gasteiger partial charge in [-0.2, -0.15) is 13.2 Å². The van der Waals surface area contributed by atoms with E-state index in [4.69, 9.17) is 17.4 Å². The fourth-order valence-corrected chi connectivity index (χ4v) is 4.21. The van der Waals surface area contributed by atoms with Gasteiger partial charge in [-0.25, -0.2) is 0 Å². The second-order valence-corrected chi connectivity index (χ2v) is 7.08. The van der Waals surface area contributed by atoms with Gasteiger partial charge in [0, 0.05) is 10.9 Å². The molecule has 0 radical (unpaired) electrons. The van der Waals surface area contributed by atoms with Crippen molar-refractivity contribution in [3.63, 3.8) is 0 Å². The molecule has 7 heteroatoms. The highest BCUT2D eigenvalue weighted by Gasteiger charge is 2.47. The Bertz CT molecular complexity index is 435. The lowest BCUT2D eigenvalue weighted by atomic mass is 9.74. The molecule has 1 saturated carbocycles. The number of nitrogens with one attached hydrogen (secondary N) is 1. The summed E-state index contributed by atoms with van der Waals surface area (Å²) >= 11 is 7.25. The highest BCUT2D eigenvalue weighted by molar-refractivity contribution is 7.16. The molecule has 0 aliphatic heterocycles. The average molecular weight is 327 g/mol. The van der Waals surface area contributed by atoms with E-state index < -0.39 is 18.0 Å². The van der Waals surface area contributed by atoms with Gasteiger partial charge in [-0.15, -0.1) is 11.3 Å². The van der Waals surface area contributed by atoms with Crippen molar-refractivity contribution in [2.24, 2.45) is 17.7 Å². The third-order valence-corrected chi connectivity index (χ3v) is 5.27. The highest BCUT2D eigenvalue weighted by Crippen LogP contribution is 2.43. The molecule has 1 aromatic heterocycles. The molecule has 1 aromatic rings. The van der Waals surface area contributed by atoms with Crippen molar-refractivity contribution in [3.8, 4) is 0 Å². The lowest BCUT2D eigenvalue weighted by Crippen LogP contribution is -2.49. The van der Waals surface area contributed by atoms with E-state index in [1.54, 1.807) is 6.07 Å². The summed E-state index contributed by atoms with van der Waals surface area (Å²) in [5.41, 5.74) is 2.60. The van der Waals surface area contributed by atoms with Crippen LogP contribution in [0.3, 0.4) is 0 Å². The van der Waals surface area contributed by atoms with Crippen LogP contribution in [0.5, 0.6) is 0 Å². The van der Waals surface area contributed by atoms with Gasteiger partial charge >= 0.3 is 6.18 Å². The monoisotopic (exact) mass is 326 g/mol. The van der Waals surface area contributed by atoms with Gasteiger partial charge in [0.2, 0.25) is 0 Å². The maximum atomic E-state index is 13.1. The topological polar surface area (TPSA) is 38.0 Å². The number of nitrogens with two attached hydrogens (primary N) is 1. The minimum Gasteiger partial charge on any atom is -0.271 e. The lowest BCUT2D eigenvalue weighted by molar-refractivity contribution is -0.199. The van der Waals surface area contributed by atoms with Crippen LogP contribution in [0.25, 0.3) is 0 Å². The zero-order valence-corrected chi connectivity index (χ0v) is 12.5. The molecular formula is C13H18ClF3N2S. The molecule has 0 spiro atoms. The Morgan fingerprint density at radius 2 is 2.05 bits per heavy atom. The van der Waals surface area contributed by atoms with Crippen LogP contribution in [0.4, 0.5) is 13.2 Å². The predicted octanol–water partition coefficient (Wildman–Crippen LogP) is 4.14. The number of halogens is 4. The van der Waals surface area contributed by atoms with Crippen molar-refractivity contribution >= 4 is 22.9 Å². The summed E-state index contributed by atoms with van der Waals surface area (Å²) in [4.78, 5) is 0.962. The molecule has 0 aromatic carbocycles. The Morgan fingerprint density at radius 1 is 1.35 bits per heavy atom. The largest absolute Gasteiger partial charge is 0.392 e. The Morgan fingerprint density at radius 3 is 2.60 bits per heavy atom. The maximum absolute atomic E-state index is 13.1. The van der Waals surface area contributed by atoms with Gasteiger partial charge in [0.05, 0.1) is 10.3 Å². The number of hydrogen-bond acceptors (Lipinski definition) is 3. The van der Waals surface area contributed by atoms with Crippen molar-refractivity contribution in [2.75, 3.05) is 0 Å². The fraction of sp³-hybridized carbons (Fsp3) is 0.692. The molecule has 3 unspecified atom stereocenters. The van der Waals surface area contributed by atoms with Crippen molar-refractivity contribution in [2.45, 2.75) is 44.3 Å². The third kappa shape index (κ3) is 3.87. The van der Waals surface area contributed by atoms with E-state index in [2.05, 4.69) is 5.43 Å². The second-order valence-electron chi connectivity index (χ2n) is 5.28. The van der Waals surface area contributed by atoms with Gasteiger partial charge in [0.15, 0.2) is 0 Å². The molecule has 2 nitrogen and oxygen atoms in total. The minimum absolute atomic E-state index is 0.206. The zero-order valence-electron chi connectivity index (χ0n) is 10.9. The Balaban J connectivity index is 2.11. The standard InChI is InChI=1S/C13H18ClF3N2S/c14-12-6-5-8(20-12)7-11(19-18)9-3-1-2-4-10(9)13(15,16)17/h5-6,9-11,19H,1-4,7,18H2. The first-order valence-electron chi connectivity index (χ1n) is 6.69. The van der Waals surface area contributed by atoms with Crippen LogP contribution in [0, 0.1) is 11.8 Å². The van der Waals surface area contributed by atoms with Crippen LogP contribution in [0.15, 0.2) is 12.1 Å². The third-order valence-electron chi connectivity index (χ3n) is 4.02. The van der Waals surface area contributed by atoms with Crippen molar-refractivity contribution in [3.05, 3.63) is 21.3 Å². The fourth-order valence-electron chi connectivity index (χ4n) is 3.06. The van der Waals surface area contributed by atoms with Crippen LogP contribution >= 0.6 is 22.9 Å². The quantitative estimate of drug-likeness (QED) is 0.644. The van der Waals surface area contributed by atoms with E-state index in [1.165, 1.54) is 11.3 Å². The van der Waals surface area contributed by atoms with Crippen molar-refractivity contribution in [1.82, 2.24) is 5.43 Å². The van der Waals surface area contributed by atoms with Crippen LogP contribution in [-0.2, 0) is 6.42 Å². The molecular weight excluding hydrogens is 309 g/mol. The molecule has 0 amide bonds. The van der Waals surface area contributed by atoms with Gasteiger partial charge < -0.3 is 0 Å². The lowest BCUT2D eigenvalue weighted by Gasteiger charge is -2.37. The number of hydrogen-bond donors (Lipinski definition) is 2. The van der Waals surface area contributed by atoms with Crippen LogP contribution < -0.4 is 11.3 Å². The zero-order chi connectivity index (χ0) is 14.8. The van der Waals surface area contributed by atoms with Gasteiger partial charge in [-0.3, -0.25) is 11.3 Å². The van der Waals surface area contributed by atoms with Gasteiger partial charge in [0.1, 0.15) is 0 Å². The maximum Gasteiger partial charge on any atom is 0.392 e. The van der Waals surface area contributed by atoms with Crippen molar-refractivity contribution in [1.29, 1.82) is 0 Å². The summed E-state index contributed by atoms with van der Waals surface area (Å²) in [6.07, 6.45) is -1.41. The van der Waals surface area contributed by atoms with E-state index in [0.29, 0.717) is 23.6 Å². The normalized spacial score (nSPS) is 25.6. The average Bonchev–Trinajstić information content (AvgIpc) is 2.80. The number of alkyl halides is 3. The Kier molecular flexibility index (Phi) is 5.34. The highest BCUT2D eigenvalue weighted by atomic mass is 35.5. The summed E-state index contributed by atoms with van der Waals surface area (Å²) in [5, 5.41) is 0. The molecule has 20 heavy (non-hydrogen) atoms. The summed E-state index contributed by atoms with van der Waals surface area (Å²) in [7, 11) is 0. The molecule has 0 bridgehead atoms. The van der Waals surface area contributed by atoms with E-state index in [-0.39, 0.29) is 12.5 Å². The first kappa shape index (κ1) is 16.1. The molecule has 1 heterocycles. The SMILES string of the molecule is NNC(Cc1ccc(Cl)s1)C1CCCCC1C(F)(F)F. The summed E-state index contributed by atoms with van der Waals surface area (Å²) in [5.74, 6) is 3.80. The van der Waals surface area contributed by atoms with E-state index in [0.717, 1.165) is 11.3 Å². The van der Waals surface area contributed by atoms with Gasteiger partial charge in [-0.1, -0.05) is 24.4 Å². The summed E-state index contributed by atoms with van der Waals surface area (Å²) < 4.78 is 40.1. The predicted molar refractivity (Wildman–Crippen MR) is 75.6 cm³/mol. The minimum atomic E-state index is -4.15. The number of rotatable bonds is 4.